The summed E-state index contributed by atoms with van der Waals surface area (Å²) in [6, 6.07) is 11.3. The van der Waals surface area contributed by atoms with E-state index in [0.717, 1.165) is 21.3 Å². The normalized spacial score (nSPS) is 11.0. The van der Waals surface area contributed by atoms with Gasteiger partial charge in [0.05, 0.1) is 17.4 Å². The quantitative estimate of drug-likeness (QED) is 0.746. The van der Waals surface area contributed by atoms with Gasteiger partial charge in [0.1, 0.15) is 4.60 Å². The minimum Gasteiger partial charge on any atom is -0.329 e. The number of pyridine rings is 1. The molecule has 2 aromatic rings. The van der Waals surface area contributed by atoms with Gasteiger partial charge in [0.15, 0.2) is 0 Å². The number of carbonyl (C=O) groups is 1. The van der Waals surface area contributed by atoms with Crippen LogP contribution in [0.15, 0.2) is 53.8 Å². The van der Waals surface area contributed by atoms with Crippen LogP contribution in [0.3, 0.4) is 0 Å². The first kappa shape index (κ1) is 17.2. The molecule has 0 saturated carbocycles. The lowest BCUT2D eigenvalue weighted by atomic mass is 9.92. The van der Waals surface area contributed by atoms with E-state index in [0.29, 0.717) is 5.69 Å². The molecule has 2 rings (SSSR count). The molecule has 0 saturated heterocycles. The second-order valence-electron chi connectivity index (χ2n) is 5.93. The SMILES string of the molecule is C=C(C)c1cccc(C(C)(C)NC(=O)Nc2ccc(Br)nc2)c1. The van der Waals surface area contributed by atoms with Gasteiger partial charge in [-0.15, -0.1) is 0 Å². The third-order valence-electron chi connectivity index (χ3n) is 3.49. The first-order chi connectivity index (χ1) is 10.8. The fraction of sp³-hybridized carbons (Fsp3) is 0.222. The van der Waals surface area contributed by atoms with Crippen molar-refractivity contribution in [3.8, 4) is 0 Å². The molecular weight excluding hydrogens is 354 g/mol. The van der Waals surface area contributed by atoms with Crippen LogP contribution in [0.25, 0.3) is 5.57 Å². The van der Waals surface area contributed by atoms with Crippen LogP contribution < -0.4 is 10.6 Å². The average Bonchev–Trinajstić information content (AvgIpc) is 2.49. The Kier molecular flexibility index (Phi) is 5.21. The maximum Gasteiger partial charge on any atom is 0.319 e. The Bertz CT molecular complexity index is 723. The molecule has 0 bridgehead atoms. The van der Waals surface area contributed by atoms with E-state index in [1.54, 1.807) is 18.3 Å². The molecule has 0 aliphatic carbocycles. The zero-order valence-electron chi connectivity index (χ0n) is 13.5. The summed E-state index contributed by atoms with van der Waals surface area (Å²) in [4.78, 5) is 16.3. The van der Waals surface area contributed by atoms with E-state index in [1.807, 2.05) is 45.0 Å². The molecule has 4 nitrogen and oxygen atoms in total. The second kappa shape index (κ2) is 6.96. The van der Waals surface area contributed by atoms with Gasteiger partial charge in [-0.05, 0) is 66.0 Å². The Labute approximate surface area is 145 Å². The molecular formula is C18H20BrN3O. The number of aromatic nitrogens is 1. The summed E-state index contributed by atoms with van der Waals surface area (Å²) >= 11 is 3.26. The summed E-state index contributed by atoms with van der Waals surface area (Å²) in [7, 11) is 0. The van der Waals surface area contributed by atoms with E-state index in [4.69, 9.17) is 0 Å². The van der Waals surface area contributed by atoms with Crippen LogP contribution in [0.2, 0.25) is 0 Å². The number of rotatable bonds is 4. The van der Waals surface area contributed by atoms with Crippen LogP contribution >= 0.6 is 15.9 Å². The molecule has 23 heavy (non-hydrogen) atoms. The van der Waals surface area contributed by atoms with E-state index >= 15 is 0 Å². The lowest BCUT2D eigenvalue weighted by molar-refractivity contribution is 0.242. The van der Waals surface area contributed by atoms with Crippen LogP contribution in [0, 0.1) is 0 Å². The van der Waals surface area contributed by atoms with Crippen molar-refractivity contribution in [3.63, 3.8) is 0 Å². The molecule has 0 aliphatic heterocycles. The monoisotopic (exact) mass is 373 g/mol. The topological polar surface area (TPSA) is 54.0 Å². The zero-order chi connectivity index (χ0) is 17.0. The lowest BCUT2D eigenvalue weighted by Gasteiger charge is -2.27. The number of allylic oxidation sites excluding steroid dienone is 1. The molecule has 0 fully saturated rings. The van der Waals surface area contributed by atoms with Gasteiger partial charge >= 0.3 is 6.03 Å². The summed E-state index contributed by atoms with van der Waals surface area (Å²) in [5.41, 5.74) is 3.19. The predicted octanol–water partition coefficient (Wildman–Crippen LogP) is 4.93. The van der Waals surface area contributed by atoms with Crippen molar-refractivity contribution in [2.75, 3.05) is 5.32 Å². The number of anilines is 1. The molecule has 120 valence electrons. The van der Waals surface area contributed by atoms with E-state index < -0.39 is 5.54 Å². The average molecular weight is 374 g/mol. The van der Waals surface area contributed by atoms with Gasteiger partial charge in [-0.25, -0.2) is 9.78 Å². The van der Waals surface area contributed by atoms with Crippen LogP contribution in [0.1, 0.15) is 31.9 Å². The van der Waals surface area contributed by atoms with Gasteiger partial charge in [-0.2, -0.15) is 0 Å². The van der Waals surface area contributed by atoms with Gasteiger partial charge in [0.2, 0.25) is 0 Å². The molecule has 2 N–H and O–H groups in total. The molecule has 1 aromatic carbocycles. The molecule has 0 radical (unpaired) electrons. The van der Waals surface area contributed by atoms with Crippen molar-refractivity contribution in [1.82, 2.24) is 10.3 Å². The van der Waals surface area contributed by atoms with Crippen LogP contribution in [0.4, 0.5) is 10.5 Å². The first-order valence-corrected chi connectivity index (χ1v) is 8.04. The van der Waals surface area contributed by atoms with E-state index in [1.165, 1.54) is 0 Å². The van der Waals surface area contributed by atoms with E-state index in [2.05, 4.69) is 38.1 Å². The minimum absolute atomic E-state index is 0.278. The van der Waals surface area contributed by atoms with Crippen molar-refractivity contribution < 1.29 is 4.79 Å². The molecule has 0 unspecified atom stereocenters. The molecule has 1 heterocycles. The first-order valence-electron chi connectivity index (χ1n) is 7.25. The number of benzene rings is 1. The molecule has 2 amide bonds. The number of nitrogens with zero attached hydrogens (tertiary/aromatic N) is 1. The summed E-state index contributed by atoms with van der Waals surface area (Å²) in [6.45, 7) is 9.85. The Morgan fingerprint density at radius 1 is 1.26 bits per heavy atom. The second-order valence-corrected chi connectivity index (χ2v) is 6.75. The van der Waals surface area contributed by atoms with Crippen molar-refractivity contribution in [2.45, 2.75) is 26.3 Å². The molecule has 1 aromatic heterocycles. The maximum atomic E-state index is 12.2. The van der Waals surface area contributed by atoms with Gasteiger partial charge in [-0.3, -0.25) is 0 Å². The zero-order valence-corrected chi connectivity index (χ0v) is 15.1. The molecule has 0 spiro atoms. The smallest absolute Gasteiger partial charge is 0.319 e. The highest BCUT2D eigenvalue weighted by Crippen LogP contribution is 2.23. The minimum atomic E-state index is -0.516. The van der Waals surface area contributed by atoms with Crippen molar-refractivity contribution >= 4 is 33.2 Å². The maximum absolute atomic E-state index is 12.2. The van der Waals surface area contributed by atoms with Crippen LogP contribution in [-0.2, 0) is 5.54 Å². The summed E-state index contributed by atoms with van der Waals surface area (Å²) in [5, 5.41) is 5.76. The highest BCUT2D eigenvalue weighted by Gasteiger charge is 2.23. The number of amides is 2. The van der Waals surface area contributed by atoms with E-state index in [9.17, 15) is 4.79 Å². The van der Waals surface area contributed by atoms with Crippen LogP contribution in [-0.4, -0.2) is 11.0 Å². The number of urea groups is 1. The van der Waals surface area contributed by atoms with Gasteiger partial charge in [0, 0.05) is 0 Å². The standard InChI is InChI=1S/C18H20BrN3O/c1-12(2)13-6-5-7-14(10-13)18(3,4)22-17(23)21-15-8-9-16(19)20-11-15/h5-11H,1H2,2-4H3,(H2,21,22,23). The number of carbonyl (C=O) groups excluding carboxylic acids is 1. The number of hydrogen-bond donors (Lipinski definition) is 2. The Hall–Kier alpha value is -2.14. The van der Waals surface area contributed by atoms with Crippen molar-refractivity contribution in [2.24, 2.45) is 0 Å². The highest BCUT2D eigenvalue weighted by molar-refractivity contribution is 9.10. The predicted molar refractivity (Wildman–Crippen MR) is 98.3 cm³/mol. The largest absolute Gasteiger partial charge is 0.329 e. The Morgan fingerprint density at radius 3 is 2.61 bits per heavy atom. The van der Waals surface area contributed by atoms with Crippen molar-refractivity contribution in [3.05, 3.63) is 64.9 Å². The fourth-order valence-corrected chi connectivity index (χ4v) is 2.38. The number of hydrogen-bond acceptors (Lipinski definition) is 2. The summed E-state index contributed by atoms with van der Waals surface area (Å²) < 4.78 is 0.723. The van der Waals surface area contributed by atoms with Gasteiger partial charge in [-0.1, -0.05) is 30.4 Å². The lowest BCUT2D eigenvalue weighted by Crippen LogP contribution is -2.43. The molecule has 0 atom stereocenters. The third kappa shape index (κ3) is 4.66. The number of halogens is 1. The Morgan fingerprint density at radius 2 is 2.00 bits per heavy atom. The molecule has 0 aliphatic rings. The summed E-state index contributed by atoms with van der Waals surface area (Å²) in [6.07, 6.45) is 1.60. The fourth-order valence-electron chi connectivity index (χ4n) is 2.14. The number of nitrogens with one attached hydrogen (secondary N) is 2. The van der Waals surface area contributed by atoms with Crippen molar-refractivity contribution in [1.29, 1.82) is 0 Å². The van der Waals surface area contributed by atoms with Gasteiger partial charge < -0.3 is 10.6 Å². The summed E-state index contributed by atoms with van der Waals surface area (Å²) in [5.74, 6) is 0. The Balaban J connectivity index is 2.10. The highest BCUT2D eigenvalue weighted by atomic mass is 79.9. The van der Waals surface area contributed by atoms with Crippen LogP contribution in [0.5, 0.6) is 0 Å². The third-order valence-corrected chi connectivity index (χ3v) is 3.96. The molecule has 5 heteroatoms. The van der Waals surface area contributed by atoms with E-state index in [-0.39, 0.29) is 6.03 Å². The van der Waals surface area contributed by atoms with Gasteiger partial charge in [0.25, 0.3) is 0 Å².